The lowest BCUT2D eigenvalue weighted by Crippen LogP contribution is -2.29. The zero-order valence-electron chi connectivity index (χ0n) is 11.3. The van der Waals surface area contributed by atoms with Crippen molar-refractivity contribution in [3.63, 3.8) is 0 Å². The number of amides is 1. The molecule has 19 heavy (non-hydrogen) atoms. The van der Waals surface area contributed by atoms with Crippen LogP contribution in [-0.2, 0) is 14.3 Å². The maximum atomic E-state index is 11.8. The van der Waals surface area contributed by atoms with Gasteiger partial charge < -0.3 is 14.5 Å². The molecule has 0 saturated carbocycles. The lowest BCUT2D eigenvalue weighted by Gasteiger charge is -2.19. The van der Waals surface area contributed by atoms with Gasteiger partial charge in [-0.05, 0) is 38.9 Å². The minimum atomic E-state index is -0.401. The summed E-state index contributed by atoms with van der Waals surface area (Å²) in [6, 6.07) is 0. The minimum absolute atomic E-state index is 0.0848. The fourth-order valence-electron chi connectivity index (χ4n) is 2.39. The van der Waals surface area contributed by atoms with Gasteiger partial charge in [0.05, 0.1) is 24.0 Å². The first-order valence-electron chi connectivity index (χ1n) is 6.66. The zero-order valence-corrected chi connectivity index (χ0v) is 12.1. The highest BCUT2D eigenvalue weighted by Crippen LogP contribution is 2.28. The summed E-state index contributed by atoms with van der Waals surface area (Å²) in [5, 5.41) is 0.721. The molecule has 0 spiro atoms. The quantitative estimate of drug-likeness (QED) is 0.558. The van der Waals surface area contributed by atoms with E-state index in [1.807, 2.05) is 0 Å². The average Bonchev–Trinajstić information content (AvgIpc) is 3.02. The van der Waals surface area contributed by atoms with Crippen LogP contribution in [0.15, 0.2) is 11.1 Å². The van der Waals surface area contributed by atoms with Gasteiger partial charge in [-0.3, -0.25) is 4.79 Å². The Kier molecular flexibility index (Phi) is 5.27. The monoisotopic (exact) mass is 284 g/mol. The fourth-order valence-corrected chi connectivity index (χ4v) is 3.34. The van der Waals surface area contributed by atoms with Crippen molar-refractivity contribution in [1.29, 1.82) is 0 Å². The third-order valence-electron chi connectivity index (χ3n) is 3.41. The Hall–Kier alpha value is -1.01. The molecule has 6 heteroatoms. The molecular weight excluding hydrogens is 264 g/mol. The number of carbonyl (C=O) groups is 2. The van der Waals surface area contributed by atoms with Crippen LogP contribution in [0.3, 0.4) is 0 Å². The summed E-state index contributed by atoms with van der Waals surface area (Å²) < 4.78 is 4.61. The van der Waals surface area contributed by atoms with Crippen LogP contribution in [0.5, 0.6) is 0 Å². The van der Waals surface area contributed by atoms with Crippen LogP contribution in [0.2, 0.25) is 0 Å². The third kappa shape index (κ3) is 3.98. The molecule has 2 fully saturated rings. The molecule has 5 nitrogen and oxygen atoms in total. The van der Waals surface area contributed by atoms with Gasteiger partial charge in [0.1, 0.15) is 0 Å². The number of likely N-dealkylation sites (tertiary alicyclic amines) is 1. The summed E-state index contributed by atoms with van der Waals surface area (Å²) in [5.74, 6) is 0.107. The van der Waals surface area contributed by atoms with E-state index in [2.05, 4.69) is 9.64 Å². The van der Waals surface area contributed by atoms with Crippen molar-refractivity contribution in [3.05, 3.63) is 11.1 Å². The van der Waals surface area contributed by atoms with Crippen LogP contribution in [0, 0.1) is 0 Å². The Balaban J connectivity index is 1.83. The molecule has 0 unspecified atom stereocenters. The van der Waals surface area contributed by atoms with Crippen molar-refractivity contribution in [2.45, 2.75) is 19.3 Å². The number of methoxy groups -OCH3 is 1. The van der Waals surface area contributed by atoms with Gasteiger partial charge in [0, 0.05) is 6.54 Å². The molecule has 0 aromatic rings. The normalized spacial score (nSPS) is 22.5. The molecular formula is C13H20N2O3S. The van der Waals surface area contributed by atoms with Gasteiger partial charge in [-0.2, -0.15) is 0 Å². The van der Waals surface area contributed by atoms with Gasteiger partial charge in [0.15, 0.2) is 0 Å². The van der Waals surface area contributed by atoms with Crippen molar-refractivity contribution in [3.8, 4) is 0 Å². The van der Waals surface area contributed by atoms with Crippen LogP contribution in [0.4, 0.5) is 0 Å². The predicted octanol–water partition coefficient (Wildman–Crippen LogP) is 1.06. The molecule has 2 rings (SSSR count). The molecule has 2 heterocycles. The van der Waals surface area contributed by atoms with Crippen molar-refractivity contribution < 1.29 is 14.3 Å². The van der Waals surface area contributed by atoms with E-state index < -0.39 is 5.97 Å². The number of ether oxygens (including phenoxy) is 1. The molecule has 0 atom stereocenters. The average molecular weight is 284 g/mol. The Labute approximate surface area is 117 Å². The molecule has 2 aliphatic heterocycles. The van der Waals surface area contributed by atoms with E-state index in [9.17, 15) is 9.59 Å². The molecule has 1 amide bonds. The zero-order chi connectivity index (χ0) is 13.7. The lowest BCUT2D eigenvalue weighted by atomic mass is 10.3. The minimum Gasteiger partial charge on any atom is -0.466 e. The second kappa shape index (κ2) is 6.96. The number of hydrogen-bond donors (Lipinski definition) is 0. The second-order valence-electron chi connectivity index (χ2n) is 4.74. The Morgan fingerprint density at radius 1 is 1.37 bits per heavy atom. The van der Waals surface area contributed by atoms with Crippen LogP contribution >= 0.6 is 11.8 Å². The van der Waals surface area contributed by atoms with E-state index in [1.165, 1.54) is 50.9 Å². The van der Waals surface area contributed by atoms with Crippen molar-refractivity contribution in [2.75, 3.05) is 39.0 Å². The fraction of sp³-hybridized carbons (Fsp3) is 0.692. The molecule has 2 saturated heterocycles. The molecule has 0 aromatic carbocycles. The highest BCUT2D eigenvalue weighted by molar-refractivity contribution is 8.04. The first-order valence-corrected chi connectivity index (χ1v) is 7.64. The van der Waals surface area contributed by atoms with Crippen LogP contribution < -0.4 is 0 Å². The standard InChI is InChI=1S/C13H20N2O3S/c1-18-13(17)9-12-15(11(16)10-19-12)8-4-7-14-5-2-3-6-14/h9H,2-8,10H2,1H3. The summed E-state index contributed by atoms with van der Waals surface area (Å²) in [5.41, 5.74) is 0. The Morgan fingerprint density at radius 2 is 2.11 bits per heavy atom. The van der Waals surface area contributed by atoms with Crippen LogP contribution in [0.1, 0.15) is 19.3 Å². The van der Waals surface area contributed by atoms with Crippen molar-refractivity contribution in [2.24, 2.45) is 0 Å². The number of thioether (sulfide) groups is 1. The summed E-state index contributed by atoms with van der Waals surface area (Å²) in [6.07, 6.45) is 4.92. The van der Waals surface area contributed by atoms with E-state index in [1.54, 1.807) is 4.90 Å². The van der Waals surface area contributed by atoms with E-state index in [-0.39, 0.29) is 5.91 Å². The molecule has 106 valence electrons. The smallest absolute Gasteiger partial charge is 0.333 e. The molecule has 0 aromatic heterocycles. The van der Waals surface area contributed by atoms with Gasteiger partial charge in [0.2, 0.25) is 5.91 Å². The first kappa shape index (κ1) is 14.4. The molecule has 0 aliphatic carbocycles. The van der Waals surface area contributed by atoms with E-state index in [0.717, 1.165) is 18.0 Å². The van der Waals surface area contributed by atoms with E-state index in [4.69, 9.17) is 0 Å². The predicted molar refractivity (Wildman–Crippen MR) is 74.6 cm³/mol. The summed E-state index contributed by atoms with van der Waals surface area (Å²) in [4.78, 5) is 27.2. The number of nitrogens with zero attached hydrogens (tertiary/aromatic N) is 2. The topological polar surface area (TPSA) is 49.9 Å². The molecule has 2 aliphatic rings. The summed E-state index contributed by atoms with van der Waals surface area (Å²) >= 11 is 1.41. The molecule has 0 bridgehead atoms. The largest absolute Gasteiger partial charge is 0.466 e. The second-order valence-corrected chi connectivity index (χ2v) is 5.74. The van der Waals surface area contributed by atoms with Gasteiger partial charge in [0.25, 0.3) is 0 Å². The van der Waals surface area contributed by atoms with Gasteiger partial charge >= 0.3 is 5.97 Å². The number of esters is 1. The van der Waals surface area contributed by atoms with Gasteiger partial charge in [-0.1, -0.05) is 11.8 Å². The SMILES string of the molecule is COC(=O)C=C1SCC(=O)N1CCCN1CCCC1. The maximum absolute atomic E-state index is 11.8. The van der Waals surface area contributed by atoms with E-state index >= 15 is 0 Å². The van der Waals surface area contributed by atoms with Crippen LogP contribution in [0.25, 0.3) is 0 Å². The summed E-state index contributed by atoms with van der Waals surface area (Å²) in [6.45, 7) is 4.06. The van der Waals surface area contributed by atoms with Crippen LogP contribution in [-0.4, -0.2) is 60.7 Å². The maximum Gasteiger partial charge on any atom is 0.333 e. The van der Waals surface area contributed by atoms with Crippen molar-refractivity contribution >= 4 is 23.6 Å². The Bertz CT molecular complexity index is 378. The molecule has 0 N–H and O–H groups in total. The first-order chi connectivity index (χ1) is 9.20. The van der Waals surface area contributed by atoms with Crippen molar-refractivity contribution in [1.82, 2.24) is 9.80 Å². The highest BCUT2D eigenvalue weighted by atomic mass is 32.2. The van der Waals surface area contributed by atoms with E-state index in [0.29, 0.717) is 12.3 Å². The number of hydrogen-bond acceptors (Lipinski definition) is 5. The number of rotatable bonds is 5. The van der Waals surface area contributed by atoms with Gasteiger partial charge in [-0.15, -0.1) is 0 Å². The third-order valence-corrected chi connectivity index (χ3v) is 4.43. The lowest BCUT2D eigenvalue weighted by molar-refractivity contribution is -0.134. The highest BCUT2D eigenvalue weighted by Gasteiger charge is 2.27. The van der Waals surface area contributed by atoms with Gasteiger partial charge in [-0.25, -0.2) is 4.79 Å². The summed E-state index contributed by atoms with van der Waals surface area (Å²) in [7, 11) is 1.35. The molecule has 0 radical (unpaired) electrons. The number of carbonyl (C=O) groups excluding carboxylic acids is 2. The Morgan fingerprint density at radius 3 is 2.79 bits per heavy atom.